The van der Waals surface area contributed by atoms with E-state index in [-0.39, 0.29) is 11.7 Å². The monoisotopic (exact) mass is 455 g/mol. The van der Waals surface area contributed by atoms with Gasteiger partial charge in [-0.2, -0.15) is 0 Å². The Bertz CT molecular complexity index is 1490. The summed E-state index contributed by atoms with van der Waals surface area (Å²) in [5.41, 5.74) is 5.41. The lowest BCUT2D eigenvalue weighted by Crippen LogP contribution is -2.23. The fraction of sp³-hybridized carbons (Fsp3) is 0.120. The molecule has 170 valence electrons. The van der Waals surface area contributed by atoms with Gasteiger partial charge in [0.15, 0.2) is 0 Å². The maximum atomic E-state index is 13.1. The first-order chi connectivity index (χ1) is 16.4. The molecule has 0 atom stereocenters. The Kier molecular flexibility index (Phi) is 5.51. The number of benzene rings is 2. The van der Waals surface area contributed by atoms with Crippen LogP contribution in [-0.2, 0) is 13.6 Å². The molecule has 0 unspecified atom stereocenters. The third-order valence-corrected chi connectivity index (χ3v) is 5.42. The highest BCUT2D eigenvalue weighted by atomic mass is 19.1. The molecule has 0 bridgehead atoms. The fourth-order valence-electron chi connectivity index (χ4n) is 3.74. The number of carbonyl (C=O) groups is 1. The molecule has 0 aliphatic rings. The Labute approximate surface area is 194 Å². The lowest BCUT2D eigenvalue weighted by atomic mass is 10.1. The highest BCUT2D eigenvalue weighted by molar-refractivity contribution is 5.99. The van der Waals surface area contributed by atoms with Crippen molar-refractivity contribution in [1.29, 1.82) is 0 Å². The van der Waals surface area contributed by atoms with Crippen molar-refractivity contribution < 1.29 is 9.18 Å². The van der Waals surface area contributed by atoms with Crippen LogP contribution in [0.25, 0.3) is 22.3 Å². The maximum Gasteiger partial charge on any atom is 0.267 e. The Hall–Kier alpha value is -4.53. The van der Waals surface area contributed by atoms with Crippen LogP contribution >= 0.6 is 0 Å². The van der Waals surface area contributed by atoms with E-state index in [4.69, 9.17) is 0 Å². The number of aromatic amines is 1. The summed E-state index contributed by atoms with van der Waals surface area (Å²) in [6, 6.07) is 13.6. The van der Waals surface area contributed by atoms with E-state index in [1.165, 1.54) is 12.1 Å². The zero-order valence-corrected chi connectivity index (χ0v) is 18.6. The molecule has 1 amide bonds. The summed E-state index contributed by atoms with van der Waals surface area (Å²) in [6.07, 6.45) is 5.30. The van der Waals surface area contributed by atoms with Crippen LogP contribution in [0.3, 0.4) is 0 Å². The zero-order chi connectivity index (χ0) is 23.7. The highest BCUT2D eigenvalue weighted by Gasteiger charge is 2.13. The third kappa shape index (κ3) is 4.49. The molecule has 0 radical (unpaired) electrons. The molecule has 0 aliphatic carbocycles. The van der Waals surface area contributed by atoms with Crippen molar-refractivity contribution in [2.24, 2.45) is 7.05 Å². The minimum Gasteiger partial charge on any atom is -0.350 e. The number of anilines is 2. The number of fused-ring (bicyclic) bond motifs is 1. The molecule has 9 heteroatoms. The molecule has 0 spiro atoms. The topological polar surface area (TPSA) is 101 Å². The second kappa shape index (κ2) is 8.78. The summed E-state index contributed by atoms with van der Waals surface area (Å²) < 4.78 is 14.9. The van der Waals surface area contributed by atoms with Gasteiger partial charge in [-0.15, -0.1) is 0 Å². The quantitative estimate of drug-likeness (QED) is 0.351. The van der Waals surface area contributed by atoms with Gasteiger partial charge in [0.2, 0.25) is 5.95 Å². The van der Waals surface area contributed by atoms with Crippen molar-refractivity contribution in [1.82, 2.24) is 29.8 Å². The predicted octanol–water partition coefficient (Wildman–Crippen LogP) is 4.48. The molecule has 0 aliphatic heterocycles. The molecular weight excluding hydrogens is 433 g/mol. The standard InChI is InChI=1S/C25H22FN7O/c1-15-9-19(30-25-27-8-7-20(32-25)22-13-33(2)14-29-22)10-17-11-21(31-23(15)17)24(34)28-12-16-3-5-18(26)6-4-16/h3-11,13-14,31H,12H2,1-2H3,(H,28,34)(H,27,30,32). The number of nitrogens with zero attached hydrogens (tertiary/aromatic N) is 4. The number of nitrogens with one attached hydrogen (secondary N) is 3. The van der Waals surface area contributed by atoms with Gasteiger partial charge >= 0.3 is 0 Å². The van der Waals surface area contributed by atoms with Crippen LogP contribution in [0.5, 0.6) is 0 Å². The van der Waals surface area contributed by atoms with Crippen molar-refractivity contribution in [3.05, 3.63) is 89.9 Å². The number of H-pyrrole nitrogens is 1. The summed E-state index contributed by atoms with van der Waals surface area (Å²) in [6.45, 7) is 2.28. The number of aromatic nitrogens is 5. The number of amides is 1. The lowest BCUT2D eigenvalue weighted by molar-refractivity contribution is 0.0946. The largest absolute Gasteiger partial charge is 0.350 e. The van der Waals surface area contributed by atoms with Crippen molar-refractivity contribution in [2.75, 3.05) is 5.32 Å². The molecule has 2 aromatic carbocycles. The van der Waals surface area contributed by atoms with Crippen LogP contribution < -0.4 is 10.6 Å². The van der Waals surface area contributed by atoms with E-state index in [9.17, 15) is 9.18 Å². The van der Waals surface area contributed by atoms with Gasteiger partial charge in [-0.25, -0.2) is 19.3 Å². The zero-order valence-electron chi connectivity index (χ0n) is 18.6. The average molecular weight is 455 g/mol. The molecule has 0 saturated heterocycles. The minimum absolute atomic E-state index is 0.235. The molecule has 3 N–H and O–H groups in total. The summed E-state index contributed by atoms with van der Waals surface area (Å²) in [7, 11) is 1.91. The van der Waals surface area contributed by atoms with Gasteiger partial charge in [0, 0.05) is 42.6 Å². The van der Waals surface area contributed by atoms with Gasteiger partial charge < -0.3 is 20.2 Å². The smallest absolute Gasteiger partial charge is 0.267 e. The van der Waals surface area contributed by atoms with Crippen LogP contribution in [0.2, 0.25) is 0 Å². The van der Waals surface area contributed by atoms with Crippen LogP contribution in [0.1, 0.15) is 21.6 Å². The number of carbonyl (C=O) groups excluding carboxylic acids is 1. The van der Waals surface area contributed by atoms with Crippen LogP contribution in [0.4, 0.5) is 16.0 Å². The predicted molar refractivity (Wildman–Crippen MR) is 128 cm³/mol. The number of hydrogen-bond acceptors (Lipinski definition) is 5. The van der Waals surface area contributed by atoms with Gasteiger partial charge in [-0.1, -0.05) is 12.1 Å². The Balaban J connectivity index is 1.34. The number of hydrogen-bond donors (Lipinski definition) is 3. The molecule has 5 rings (SSSR count). The van der Waals surface area contributed by atoms with E-state index in [0.29, 0.717) is 18.2 Å². The van der Waals surface area contributed by atoms with Gasteiger partial charge in [-0.05, 0) is 54.4 Å². The van der Waals surface area contributed by atoms with Gasteiger partial charge in [0.25, 0.3) is 5.91 Å². The van der Waals surface area contributed by atoms with E-state index in [1.807, 2.05) is 42.9 Å². The summed E-state index contributed by atoms with van der Waals surface area (Å²) >= 11 is 0. The van der Waals surface area contributed by atoms with E-state index in [0.717, 1.165) is 39.1 Å². The second-order valence-corrected chi connectivity index (χ2v) is 8.06. The molecule has 5 aromatic rings. The third-order valence-electron chi connectivity index (χ3n) is 5.42. The van der Waals surface area contributed by atoms with E-state index >= 15 is 0 Å². The van der Waals surface area contributed by atoms with Crippen LogP contribution in [0, 0.1) is 12.7 Å². The Morgan fingerprint density at radius 2 is 1.91 bits per heavy atom. The molecule has 8 nitrogen and oxygen atoms in total. The lowest BCUT2D eigenvalue weighted by Gasteiger charge is -2.07. The second-order valence-electron chi connectivity index (χ2n) is 8.06. The highest BCUT2D eigenvalue weighted by Crippen LogP contribution is 2.26. The first-order valence-corrected chi connectivity index (χ1v) is 10.7. The fourth-order valence-corrected chi connectivity index (χ4v) is 3.74. The summed E-state index contributed by atoms with van der Waals surface area (Å²) in [5.74, 6) is -0.0880. The molecule has 3 aromatic heterocycles. The number of aryl methyl sites for hydroxylation is 2. The summed E-state index contributed by atoms with van der Waals surface area (Å²) in [4.78, 5) is 29.1. The van der Waals surface area contributed by atoms with Gasteiger partial charge in [0.05, 0.1) is 12.0 Å². The summed E-state index contributed by atoms with van der Waals surface area (Å²) in [5, 5.41) is 6.98. The molecular formula is C25H22FN7O. The number of rotatable bonds is 6. The van der Waals surface area contributed by atoms with Crippen LogP contribution in [0.15, 0.2) is 67.3 Å². The first-order valence-electron chi connectivity index (χ1n) is 10.7. The van der Waals surface area contributed by atoms with Crippen LogP contribution in [-0.4, -0.2) is 30.4 Å². The van der Waals surface area contributed by atoms with Crippen molar-refractivity contribution in [3.63, 3.8) is 0 Å². The van der Waals surface area contributed by atoms with Gasteiger partial charge in [0.1, 0.15) is 17.2 Å². The number of halogens is 1. The van der Waals surface area contributed by atoms with Crippen molar-refractivity contribution >= 4 is 28.4 Å². The number of imidazole rings is 1. The van der Waals surface area contributed by atoms with E-state index < -0.39 is 0 Å². The molecule has 0 saturated carbocycles. The van der Waals surface area contributed by atoms with E-state index in [2.05, 4.69) is 30.6 Å². The minimum atomic E-state index is -0.306. The Morgan fingerprint density at radius 1 is 1.09 bits per heavy atom. The molecule has 0 fully saturated rings. The molecule has 34 heavy (non-hydrogen) atoms. The normalized spacial score (nSPS) is 11.0. The van der Waals surface area contributed by atoms with E-state index in [1.54, 1.807) is 30.7 Å². The average Bonchev–Trinajstić information content (AvgIpc) is 3.45. The first kappa shape index (κ1) is 21.3. The van der Waals surface area contributed by atoms with Crippen molar-refractivity contribution in [2.45, 2.75) is 13.5 Å². The van der Waals surface area contributed by atoms with Crippen molar-refractivity contribution in [3.8, 4) is 11.4 Å². The molecule has 3 heterocycles. The SMILES string of the molecule is Cc1cc(Nc2nccc(-c3cn(C)cn3)n2)cc2cc(C(=O)NCc3ccc(F)cc3)[nH]c12. The Morgan fingerprint density at radius 3 is 2.68 bits per heavy atom. The van der Waals surface area contributed by atoms with Gasteiger partial charge in [-0.3, -0.25) is 4.79 Å². The maximum absolute atomic E-state index is 13.1.